The van der Waals surface area contributed by atoms with E-state index in [1.165, 1.54) is 11.1 Å². The van der Waals surface area contributed by atoms with Gasteiger partial charge in [0, 0.05) is 19.7 Å². The summed E-state index contributed by atoms with van der Waals surface area (Å²) in [5.74, 6) is 0.589. The smallest absolute Gasteiger partial charge is 0.242 e. The number of ether oxygens (including phenoxy) is 1. The van der Waals surface area contributed by atoms with Crippen molar-refractivity contribution in [3.05, 3.63) is 35.4 Å². The molecule has 6 nitrogen and oxygen atoms in total. The lowest BCUT2D eigenvalue weighted by molar-refractivity contribution is -0.130. The van der Waals surface area contributed by atoms with Crippen molar-refractivity contribution in [2.24, 2.45) is 0 Å². The van der Waals surface area contributed by atoms with Gasteiger partial charge in [0.05, 0.1) is 12.1 Å². The summed E-state index contributed by atoms with van der Waals surface area (Å²) in [6.45, 7) is 1.95. The van der Waals surface area contributed by atoms with Crippen LogP contribution in [0.4, 0.5) is 0 Å². The predicted molar refractivity (Wildman–Crippen MR) is 108 cm³/mol. The van der Waals surface area contributed by atoms with Crippen molar-refractivity contribution in [3.63, 3.8) is 0 Å². The highest BCUT2D eigenvalue weighted by molar-refractivity contribution is 7.98. The first-order valence-corrected chi connectivity index (χ1v) is 11.1. The van der Waals surface area contributed by atoms with E-state index in [2.05, 4.69) is 28.1 Å². The van der Waals surface area contributed by atoms with Gasteiger partial charge in [-0.1, -0.05) is 24.3 Å². The Morgan fingerprint density at radius 1 is 1.33 bits per heavy atom. The second-order valence-electron chi connectivity index (χ2n) is 7.13. The molecule has 0 spiro atoms. The Bertz CT molecular complexity index is 649. The highest BCUT2D eigenvalue weighted by Gasteiger charge is 2.28. The number of nitrogens with one attached hydrogen (secondary N) is 3. The standard InChI is InChI=1S/C20H29N3O3S/c1-27-10-8-17(19(24)22-13-16-7-4-9-26-16)23-20(25)18-11-14-5-2-3-6-15(14)12-21-18/h2-3,5-6,16-18,21H,4,7-13H2,1H3,(H,22,24)(H,23,25)/t16?,17-,18-/m0/s1. The molecule has 0 aliphatic carbocycles. The number of thioether (sulfide) groups is 1. The number of fused-ring (bicyclic) bond motifs is 1. The molecule has 2 aliphatic heterocycles. The van der Waals surface area contributed by atoms with E-state index in [1.807, 2.05) is 18.4 Å². The number of hydrogen-bond donors (Lipinski definition) is 3. The molecular formula is C20H29N3O3S. The number of rotatable bonds is 8. The van der Waals surface area contributed by atoms with E-state index < -0.39 is 6.04 Å². The summed E-state index contributed by atoms with van der Waals surface area (Å²) in [4.78, 5) is 25.4. The van der Waals surface area contributed by atoms with Crippen molar-refractivity contribution in [2.75, 3.05) is 25.2 Å². The van der Waals surface area contributed by atoms with Gasteiger partial charge in [0.15, 0.2) is 0 Å². The summed E-state index contributed by atoms with van der Waals surface area (Å²) in [5.41, 5.74) is 2.43. The largest absolute Gasteiger partial charge is 0.376 e. The topological polar surface area (TPSA) is 79.5 Å². The summed E-state index contributed by atoms with van der Waals surface area (Å²) in [5, 5.41) is 9.19. The molecular weight excluding hydrogens is 362 g/mol. The van der Waals surface area contributed by atoms with Crippen LogP contribution in [0.2, 0.25) is 0 Å². The molecule has 3 N–H and O–H groups in total. The number of benzene rings is 1. The van der Waals surface area contributed by atoms with Gasteiger partial charge >= 0.3 is 0 Å². The molecule has 1 saturated heterocycles. The molecule has 148 valence electrons. The quantitative estimate of drug-likeness (QED) is 0.621. The first-order valence-electron chi connectivity index (χ1n) is 9.66. The SMILES string of the molecule is CSCC[C@H](NC(=O)[C@@H]1Cc2ccccc2CN1)C(=O)NCC1CCCO1. The summed E-state index contributed by atoms with van der Waals surface area (Å²) in [6.07, 6.45) is 5.39. The highest BCUT2D eigenvalue weighted by atomic mass is 32.2. The minimum atomic E-state index is -0.509. The second-order valence-corrected chi connectivity index (χ2v) is 8.11. The van der Waals surface area contributed by atoms with Crippen molar-refractivity contribution in [3.8, 4) is 0 Å². The van der Waals surface area contributed by atoms with E-state index in [1.54, 1.807) is 11.8 Å². The zero-order valence-corrected chi connectivity index (χ0v) is 16.6. The maximum atomic E-state index is 12.8. The molecule has 3 rings (SSSR count). The molecule has 0 saturated carbocycles. The highest BCUT2D eigenvalue weighted by Crippen LogP contribution is 2.16. The Morgan fingerprint density at radius 3 is 2.89 bits per heavy atom. The Kier molecular flexibility index (Phi) is 7.55. The average Bonchev–Trinajstić information content (AvgIpc) is 3.22. The Morgan fingerprint density at radius 2 is 2.15 bits per heavy atom. The first-order chi connectivity index (χ1) is 13.2. The molecule has 27 heavy (non-hydrogen) atoms. The van der Waals surface area contributed by atoms with Crippen molar-refractivity contribution >= 4 is 23.6 Å². The van der Waals surface area contributed by atoms with Crippen LogP contribution in [0.15, 0.2) is 24.3 Å². The molecule has 7 heteroatoms. The van der Waals surface area contributed by atoms with Crippen LogP contribution < -0.4 is 16.0 Å². The minimum Gasteiger partial charge on any atom is -0.376 e. The fourth-order valence-electron chi connectivity index (χ4n) is 3.56. The molecule has 2 amide bonds. The van der Waals surface area contributed by atoms with E-state index >= 15 is 0 Å². The third-order valence-electron chi connectivity index (χ3n) is 5.17. The monoisotopic (exact) mass is 391 g/mol. The molecule has 0 aromatic heterocycles. The lowest BCUT2D eigenvalue weighted by Gasteiger charge is -2.27. The minimum absolute atomic E-state index is 0.0994. The van der Waals surface area contributed by atoms with E-state index in [0.717, 1.165) is 25.2 Å². The normalized spacial score (nSPS) is 22.7. The molecule has 3 atom stereocenters. The van der Waals surface area contributed by atoms with Crippen LogP contribution in [-0.2, 0) is 27.3 Å². The van der Waals surface area contributed by atoms with Crippen LogP contribution in [0.3, 0.4) is 0 Å². The summed E-state index contributed by atoms with van der Waals surface area (Å²) >= 11 is 1.67. The van der Waals surface area contributed by atoms with Gasteiger partial charge in [-0.25, -0.2) is 0 Å². The van der Waals surface area contributed by atoms with E-state index in [0.29, 0.717) is 25.9 Å². The Hall–Kier alpha value is -1.57. The second kappa shape index (κ2) is 10.1. The van der Waals surface area contributed by atoms with Gasteiger partial charge in [0.25, 0.3) is 0 Å². The first kappa shape index (κ1) is 20.2. The van der Waals surface area contributed by atoms with Gasteiger partial charge in [-0.15, -0.1) is 0 Å². The zero-order chi connectivity index (χ0) is 19.1. The molecule has 2 aliphatic rings. The van der Waals surface area contributed by atoms with Crippen LogP contribution in [0.1, 0.15) is 30.4 Å². The number of hydrogen-bond acceptors (Lipinski definition) is 5. The summed E-state index contributed by atoms with van der Waals surface area (Å²) < 4.78 is 5.56. The molecule has 1 aromatic carbocycles. The van der Waals surface area contributed by atoms with Crippen LogP contribution >= 0.6 is 11.8 Å². The van der Waals surface area contributed by atoms with Crippen molar-refractivity contribution in [2.45, 2.75) is 50.4 Å². The fraction of sp³-hybridized carbons (Fsp3) is 0.600. The van der Waals surface area contributed by atoms with E-state index in [-0.39, 0.29) is 24.0 Å². The van der Waals surface area contributed by atoms with Crippen molar-refractivity contribution < 1.29 is 14.3 Å². The molecule has 0 radical (unpaired) electrons. The van der Waals surface area contributed by atoms with Crippen molar-refractivity contribution in [1.29, 1.82) is 0 Å². The van der Waals surface area contributed by atoms with Gasteiger partial charge in [-0.05, 0) is 48.8 Å². The molecule has 1 aromatic rings. The third kappa shape index (κ3) is 5.70. The molecule has 1 unspecified atom stereocenters. The predicted octanol–water partition coefficient (Wildman–Crippen LogP) is 1.23. The summed E-state index contributed by atoms with van der Waals surface area (Å²) in [7, 11) is 0. The van der Waals surface area contributed by atoms with Gasteiger partial charge in [-0.3, -0.25) is 9.59 Å². The summed E-state index contributed by atoms with van der Waals surface area (Å²) in [6, 6.07) is 7.34. The van der Waals surface area contributed by atoms with Crippen LogP contribution in [0.25, 0.3) is 0 Å². The van der Waals surface area contributed by atoms with Gasteiger partial charge in [0.2, 0.25) is 11.8 Å². The molecule has 2 heterocycles. The van der Waals surface area contributed by atoms with Gasteiger partial charge in [0.1, 0.15) is 6.04 Å². The third-order valence-corrected chi connectivity index (χ3v) is 5.81. The number of carbonyl (C=O) groups is 2. The molecule has 0 bridgehead atoms. The van der Waals surface area contributed by atoms with Crippen molar-refractivity contribution in [1.82, 2.24) is 16.0 Å². The number of carbonyl (C=O) groups excluding carboxylic acids is 2. The zero-order valence-electron chi connectivity index (χ0n) is 15.8. The fourth-order valence-corrected chi connectivity index (χ4v) is 4.03. The average molecular weight is 392 g/mol. The van der Waals surface area contributed by atoms with Crippen LogP contribution in [0.5, 0.6) is 0 Å². The Labute approximate surface area is 165 Å². The molecule has 1 fully saturated rings. The van der Waals surface area contributed by atoms with Crippen LogP contribution in [0, 0.1) is 0 Å². The number of amides is 2. The van der Waals surface area contributed by atoms with E-state index in [9.17, 15) is 9.59 Å². The lowest BCUT2D eigenvalue weighted by atomic mass is 9.95. The van der Waals surface area contributed by atoms with Gasteiger partial charge in [-0.2, -0.15) is 11.8 Å². The maximum Gasteiger partial charge on any atom is 0.242 e. The van der Waals surface area contributed by atoms with Crippen LogP contribution in [-0.4, -0.2) is 55.2 Å². The van der Waals surface area contributed by atoms with E-state index in [4.69, 9.17) is 4.74 Å². The van der Waals surface area contributed by atoms with Gasteiger partial charge < -0.3 is 20.7 Å². The lowest BCUT2D eigenvalue weighted by Crippen LogP contribution is -2.55. The maximum absolute atomic E-state index is 12.8. The Balaban J connectivity index is 1.54.